The van der Waals surface area contributed by atoms with E-state index in [0.29, 0.717) is 18.7 Å². The van der Waals surface area contributed by atoms with Gasteiger partial charge in [0.05, 0.1) is 4.92 Å². The fraction of sp³-hybridized carbons (Fsp3) is 0.667. The number of H-pyrrole nitrogens is 1. The average Bonchev–Trinajstić information content (AvgIpc) is 2.84. The molecule has 3 N–H and O–H groups in total. The number of carbonyl (C=O) groups excluding carboxylic acids is 1. The van der Waals surface area contributed by atoms with Crippen molar-refractivity contribution >= 4 is 11.6 Å². The molecule has 1 aromatic rings. The van der Waals surface area contributed by atoms with Crippen molar-refractivity contribution in [2.45, 2.75) is 38.6 Å². The largest absolute Gasteiger partial charge is 0.346 e. The van der Waals surface area contributed by atoms with Crippen molar-refractivity contribution in [2.24, 2.45) is 0 Å². The number of aromatic nitrogens is 2. The Hall–Kier alpha value is -1.96. The lowest BCUT2D eigenvalue weighted by molar-refractivity contribution is -0.385. The van der Waals surface area contributed by atoms with Crippen LogP contribution >= 0.6 is 0 Å². The number of carbonyl (C=O) groups is 1. The molecule has 2 heterocycles. The normalized spacial score (nSPS) is 18.8. The first-order valence-electron chi connectivity index (χ1n) is 6.86. The minimum atomic E-state index is -0.539. The highest BCUT2D eigenvalue weighted by Gasteiger charge is 2.29. The number of nitrogens with zero attached hydrogens (tertiary/aromatic N) is 2. The standard InChI is InChI=1S/C12H19N5O3/c1-2-4-9-11(17(19)20)10(16-15-9)12(18)14-8-5-3-6-13-7-8/h8,13H,2-7H2,1H3,(H,14,18)(H,15,16). The number of aryl methyl sites for hydroxylation is 1. The van der Waals surface area contributed by atoms with E-state index in [0.717, 1.165) is 25.8 Å². The van der Waals surface area contributed by atoms with Crippen LogP contribution in [0.2, 0.25) is 0 Å². The van der Waals surface area contributed by atoms with Crippen LogP contribution in [-0.4, -0.2) is 40.2 Å². The van der Waals surface area contributed by atoms with Crippen molar-refractivity contribution in [1.82, 2.24) is 20.8 Å². The van der Waals surface area contributed by atoms with E-state index in [1.54, 1.807) is 0 Å². The second-order valence-corrected chi connectivity index (χ2v) is 4.92. The topological polar surface area (TPSA) is 113 Å². The van der Waals surface area contributed by atoms with Gasteiger partial charge in [0.2, 0.25) is 5.69 Å². The van der Waals surface area contributed by atoms with E-state index >= 15 is 0 Å². The van der Waals surface area contributed by atoms with E-state index in [1.807, 2.05) is 6.92 Å². The third-order valence-electron chi connectivity index (χ3n) is 3.34. The number of nitro groups is 1. The number of hydrogen-bond donors (Lipinski definition) is 3. The molecule has 20 heavy (non-hydrogen) atoms. The first kappa shape index (κ1) is 14.4. The first-order valence-corrected chi connectivity index (χ1v) is 6.86. The minimum Gasteiger partial charge on any atom is -0.346 e. The molecule has 1 aliphatic heterocycles. The molecule has 1 fully saturated rings. The summed E-state index contributed by atoms with van der Waals surface area (Å²) >= 11 is 0. The highest BCUT2D eigenvalue weighted by atomic mass is 16.6. The lowest BCUT2D eigenvalue weighted by atomic mass is 10.1. The summed E-state index contributed by atoms with van der Waals surface area (Å²) in [6.07, 6.45) is 3.10. The predicted molar refractivity (Wildman–Crippen MR) is 72.6 cm³/mol. The number of nitrogens with one attached hydrogen (secondary N) is 3. The van der Waals surface area contributed by atoms with Crippen molar-refractivity contribution in [3.63, 3.8) is 0 Å². The lowest BCUT2D eigenvalue weighted by Crippen LogP contribution is -2.45. The van der Waals surface area contributed by atoms with Crippen molar-refractivity contribution in [2.75, 3.05) is 13.1 Å². The van der Waals surface area contributed by atoms with E-state index in [2.05, 4.69) is 20.8 Å². The number of piperidine rings is 1. The van der Waals surface area contributed by atoms with E-state index in [9.17, 15) is 14.9 Å². The van der Waals surface area contributed by atoms with E-state index in [1.165, 1.54) is 0 Å². The third-order valence-corrected chi connectivity index (χ3v) is 3.34. The monoisotopic (exact) mass is 281 g/mol. The summed E-state index contributed by atoms with van der Waals surface area (Å²) in [7, 11) is 0. The van der Waals surface area contributed by atoms with E-state index in [-0.39, 0.29) is 17.4 Å². The molecule has 0 saturated carbocycles. The van der Waals surface area contributed by atoms with E-state index < -0.39 is 10.8 Å². The fourth-order valence-electron chi connectivity index (χ4n) is 2.38. The Labute approximate surface area is 116 Å². The SMILES string of the molecule is CCCc1[nH]nc(C(=O)NC2CCCNC2)c1[N+](=O)[O-]. The first-order chi connectivity index (χ1) is 9.63. The molecule has 1 saturated heterocycles. The maximum atomic E-state index is 12.1. The minimum absolute atomic E-state index is 0.00202. The molecule has 2 rings (SSSR count). The van der Waals surface area contributed by atoms with Gasteiger partial charge < -0.3 is 10.6 Å². The molecule has 1 atom stereocenters. The van der Waals surface area contributed by atoms with Crippen LogP contribution in [0.4, 0.5) is 5.69 Å². The highest BCUT2D eigenvalue weighted by molar-refractivity contribution is 5.96. The van der Waals surface area contributed by atoms with Crippen LogP contribution in [0, 0.1) is 10.1 Å². The zero-order valence-corrected chi connectivity index (χ0v) is 11.4. The molecule has 110 valence electrons. The van der Waals surface area contributed by atoms with Gasteiger partial charge in [-0.15, -0.1) is 0 Å². The van der Waals surface area contributed by atoms with Crippen LogP contribution < -0.4 is 10.6 Å². The summed E-state index contributed by atoms with van der Waals surface area (Å²) in [5, 5.41) is 23.5. The fourth-order valence-corrected chi connectivity index (χ4v) is 2.38. The molecule has 1 aliphatic rings. The van der Waals surface area contributed by atoms with Gasteiger partial charge in [-0.25, -0.2) is 0 Å². The van der Waals surface area contributed by atoms with Crippen molar-refractivity contribution in [1.29, 1.82) is 0 Å². The number of hydrogen-bond acceptors (Lipinski definition) is 5. The number of aromatic amines is 1. The molecule has 8 heteroatoms. The molecule has 0 aliphatic carbocycles. The zero-order valence-electron chi connectivity index (χ0n) is 11.4. The molecular formula is C12H19N5O3. The Balaban J connectivity index is 2.14. The molecular weight excluding hydrogens is 262 g/mol. The lowest BCUT2D eigenvalue weighted by Gasteiger charge is -2.23. The quantitative estimate of drug-likeness (QED) is 0.544. The van der Waals surface area contributed by atoms with Gasteiger partial charge in [-0.1, -0.05) is 13.3 Å². The Morgan fingerprint density at radius 1 is 1.60 bits per heavy atom. The molecule has 8 nitrogen and oxygen atoms in total. The smallest absolute Gasteiger partial charge is 0.322 e. The number of rotatable bonds is 5. The molecule has 0 spiro atoms. The Morgan fingerprint density at radius 2 is 2.40 bits per heavy atom. The molecule has 1 amide bonds. The molecule has 1 aromatic heterocycles. The van der Waals surface area contributed by atoms with Crippen LogP contribution in [0.15, 0.2) is 0 Å². The third kappa shape index (κ3) is 3.13. The van der Waals surface area contributed by atoms with E-state index in [4.69, 9.17) is 0 Å². The summed E-state index contributed by atoms with van der Waals surface area (Å²) in [6.45, 7) is 3.54. The Morgan fingerprint density at radius 3 is 3.00 bits per heavy atom. The Kier molecular flexibility index (Phi) is 4.67. The van der Waals surface area contributed by atoms with Gasteiger partial charge in [0.1, 0.15) is 5.69 Å². The zero-order chi connectivity index (χ0) is 14.5. The average molecular weight is 281 g/mol. The van der Waals surface area contributed by atoms with Crippen molar-refractivity contribution in [3.05, 3.63) is 21.5 Å². The van der Waals surface area contributed by atoms with Crippen LogP contribution in [0.3, 0.4) is 0 Å². The highest BCUT2D eigenvalue weighted by Crippen LogP contribution is 2.22. The van der Waals surface area contributed by atoms with Gasteiger partial charge in [-0.05, 0) is 25.8 Å². The summed E-state index contributed by atoms with van der Waals surface area (Å²) < 4.78 is 0. The maximum Gasteiger partial charge on any atom is 0.322 e. The molecule has 0 aromatic carbocycles. The second-order valence-electron chi connectivity index (χ2n) is 4.92. The predicted octanol–water partition coefficient (Wildman–Crippen LogP) is 0.752. The number of amides is 1. The summed E-state index contributed by atoms with van der Waals surface area (Å²) in [5.41, 5.74) is 0.0848. The van der Waals surface area contributed by atoms with Gasteiger partial charge in [0.15, 0.2) is 0 Å². The Bertz CT molecular complexity index is 493. The van der Waals surface area contributed by atoms with Crippen LogP contribution in [0.5, 0.6) is 0 Å². The second kappa shape index (κ2) is 6.47. The van der Waals surface area contributed by atoms with Crippen LogP contribution in [-0.2, 0) is 6.42 Å². The molecule has 0 bridgehead atoms. The summed E-state index contributed by atoms with van der Waals surface area (Å²) in [6, 6.07) is 0.00202. The van der Waals surface area contributed by atoms with Gasteiger partial charge in [0, 0.05) is 12.6 Å². The van der Waals surface area contributed by atoms with Gasteiger partial charge in [-0.2, -0.15) is 5.10 Å². The molecule has 1 unspecified atom stereocenters. The maximum absolute atomic E-state index is 12.1. The van der Waals surface area contributed by atoms with Gasteiger partial charge in [-0.3, -0.25) is 20.0 Å². The van der Waals surface area contributed by atoms with Crippen LogP contribution in [0.25, 0.3) is 0 Å². The van der Waals surface area contributed by atoms with Gasteiger partial charge >= 0.3 is 5.69 Å². The molecule has 0 radical (unpaired) electrons. The summed E-state index contributed by atoms with van der Waals surface area (Å²) in [4.78, 5) is 22.7. The van der Waals surface area contributed by atoms with Crippen molar-refractivity contribution < 1.29 is 9.72 Å². The van der Waals surface area contributed by atoms with Gasteiger partial charge in [0.25, 0.3) is 5.91 Å². The van der Waals surface area contributed by atoms with Crippen molar-refractivity contribution in [3.8, 4) is 0 Å². The van der Waals surface area contributed by atoms with Crippen LogP contribution in [0.1, 0.15) is 42.4 Å². The summed E-state index contributed by atoms with van der Waals surface area (Å²) in [5.74, 6) is -0.482.